The molecular weight excluding hydrogens is 360 g/mol. The number of methoxy groups -OCH3 is 1. The topological polar surface area (TPSA) is 83.7 Å². The van der Waals surface area contributed by atoms with Gasteiger partial charge in [-0.05, 0) is 42.8 Å². The second-order valence-corrected chi connectivity index (χ2v) is 5.69. The molecule has 7 nitrogen and oxygen atoms in total. The van der Waals surface area contributed by atoms with E-state index in [-0.39, 0.29) is 12.5 Å². The molecule has 0 unspecified atom stereocenters. The van der Waals surface area contributed by atoms with Crippen LogP contribution in [0.5, 0.6) is 11.5 Å². The molecule has 0 amide bonds. The first-order valence-corrected chi connectivity index (χ1v) is 8.72. The van der Waals surface area contributed by atoms with Crippen LogP contribution < -0.4 is 9.47 Å². The fourth-order valence-corrected chi connectivity index (χ4v) is 2.38. The fraction of sp³-hybridized carbons (Fsp3) is 0.190. The molecule has 0 fully saturated rings. The lowest BCUT2D eigenvalue weighted by atomic mass is 10.2. The largest absolute Gasteiger partial charge is 0.497 e. The Balaban J connectivity index is 1.54. The summed E-state index contributed by atoms with van der Waals surface area (Å²) in [7, 11) is 1.58. The van der Waals surface area contributed by atoms with Crippen LogP contribution in [0.3, 0.4) is 0 Å². The summed E-state index contributed by atoms with van der Waals surface area (Å²) in [5.74, 6) is 1.57. The minimum absolute atomic E-state index is 0.108. The first kappa shape index (κ1) is 19.2. The molecule has 0 atom stereocenters. The molecule has 0 saturated heterocycles. The van der Waals surface area contributed by atoms with Crippen LogP contribution in [0, 0.1) is 0 Å². The molecule has 0 radical (unpaired) electrons. The van der Waals surface area contributed by atoms with Crippen molar-refractivity contribution in [2.24, 2.45) is 0 Å². The number of hydrogen-bond acceptors (Lipinski definition) is 7. The van der Waals surface area contributed by atoms with Crippen LogP contribution in [0.1, 0.15) is 18.4 Å². The van der Waals surface area contributed by atoms with Crippen LogP contribution in [0.4, 0.5) is 0 Å². The number of aromatic nitrogens is 2. The molecule has 7 heteroatoms. The van der Waals surface area contributed by atoms with E-state index >= 15 is 0 Å². The maximum Gasteiger partial charge on any atom is 0.331 e. The number of esters is 1. The molecule has 2 aromatic carbocycles. The lowest BCUT2D eigenvalue weighted by Crippen LogP contribution is -2.01. The van der Waals surface area contributed by atoms with Crippen molar-refractivity contribution in [3.05, 3.63) is 66.1 Å². The Labute approximate surface area is 162 Å². The number of hydrogen-bond donors (Lipinski definition) is 0. The number of ether oxygens (including phenoxy) is 3. The van der Waals surface area contributed by atoms with E-state index in [0.29, 0.717) is 18.2 Å². The average molecular weight is 380 g/mol. The zero-order chi connectivity index (χ0) is 19.8. The first-order valence-electron chi connectivity index (χ1n) is 8.72. The van der Waals surface area contributed by atoms with Gasteiger partial charge in [-0.3, -0.25) is 0 Å². The summed E-state index contributed by atoms with van der Waals surface area (Å²) >= 11 is 0. The Morgan fingerprint density at radius 3 is 2.71 bits per heavy atom. The minimum atomic E-state index is -0.505. The third kappa shape index (κ3) is 5.20. The lowest BCUT2D eigenvalue weighted by molar-refractivity contribution is -0.139. The third-order valence-electron chi connectivity index (χ3n) is 3.74. The highest BCUT2D eigenvalue weighted by Crippen LogP contribution is 2.21. The fourth-order valence-electron chi connectivity index (χ4n) is 2.38. The van der Waals surface area contributed by atoms with Crippen molar-refractivity contribution >= 4 is 12.0 Å². The van der Waals surface area contributed by atoms with Crippen LogP contribution in [0.15, 0.2) is 59.1 Å². The van der Waals surface area contributed by atoms with Crippen molar-refractivity contribution in [3.8, 4) is 22.9 Å². The number of nitrogens with zero attached hydrogens (tertiary/aromatic N) is 2. The van der Waals surface area contributed by atoms with Crippen molar-refractivity contribution in [3.63, 3.8) is 0 Å². The third-order valence-corrected chi connectivity index (χ3v) is 3.74. The van der Waals surface area contributed by atoms with Gasteiger partial charge in [-0.15, -0.1) is 0 Å². The van der Waals surface area contributed by atoms with E-state index in [4.69, 9.17) is 18.7 Å². The lowest BCUT2D eigenvalue weighted by Gasteiger charge is -2.02. The van der Waals surface area contributed by atoms with Gasteiger partial charge in [0.2, 0.25) is 5.82 Å². The van der Waals surface area contributed by atoms with Gasteiger partial charge in [0.15, 0.2) is 6.61 Å². The number of carbonyl (C=O) groups is 1. The summed E-state index contributed by atoms with van der Waals surface area (Å²) in [5.41, 5.74) is 1.61. The van der Waals surface area contributed by atoms with E-state index in [0.717, 1.165) is 16.9 Å². The maximum absolute atomic E-state index is 11.9. The van der Waals surface area contributed by atoms with Gasteiger partial charge < -0.3 is 18.7 Å². The van der Waals surface area contributed by atoms with Crippen LogP contribution >= 0.6 is 0 Å². The Hall–Kier alpha value is -3.61. The van der Waals surface area contributed by atoms with Crippen molar-refractivity contribution in [1.29, 1.82) is 0 Å². The molecule has 0 saturated carbocycles. The normalized spacial score (nSPS) is 10.8. The van der Waals surface area contributed by atoms with Gasteiger partial charge in [-0.1, -0.05) is 29.4 Å². The molecule has 0 spiro atoms. The Bertz CT molecular complexity index is 947. The van der Waals surface area contributed by atoms with Gasteiger partial charge >= 0.3 is 5.97 Å². The SMILES string of the molecule is CCOc1ccc(/C=C/C(=O)OCc2nc(-c3cccc(OC)c3)no2)cc1. The van der Waals surface area contributed by atoms with Gasteiger partial charge in [0.25, 0.3) is 5.89 Å². The summed E-state index contributed by atoms with van der Waals surface area (Å²) < 4.78 is 20.8. The van der Waals surface area contributed by atoms with E-state index in [1.165, 1.54) is 6.08 Å². The average Bonchev–Trinajstić information content (AvgIpc) is 3.21. The van der Waals surface area contributed by atoms with E-state index in [1.807, 2.05) is 49.4 Å². The number of benzene rings is 2. The summed E-state index contributed by atoms with van der Waals surface area (Å²) in [6, 6.07) is 14.7. The van der Waals surface area contributed by atoms with Crippen LogP contribution in [0.2, 0.25) is 0 Å². The smallest absolute Gasteiger partial charge is 0.331 e. The van der Waals surface area contributed by atoms with Crippen LogP contribution in [-0.4, -0.2) is 29.8 Å². The highest BCUT2D eigenvalue weighted by Gasteiger charge is 2.11. The molecule has 144 valence electrons. The van der Waals surface area contributed by atoms with E-state index in [9.17, 15) is 4.79 Å². The Kier molecular flexibility index (Phi) is 6.41. The molecule has 3 aromatic rings. The summed E-state index contributed by atoms with van der Waals surface area (Å²) in [6.07, 6.45) is 3.00. The second kappa shape index (κ2) is 9.36. The molecule has 0 aliphatic carbocycles. The molecule has 28 heavy (non-hydrogen) atoms. The van der Waals surface area contributed by atoms with Crippen molar-refractivity contribution in [2.45, 2.75) is 13.5 Å². The van der Waals surface area contributed by atoms with Gasteiger partial charge in [-0.25, -0.2) is 4.79 Å². The second-order valence-electron chi connectivity index (χ2n) is 5.69. The van der Waals surface area contributed by atoms with E-state index in [1.54, 1.807) is 19.3 Å². The highest BCUT2D eigenvalue weighted by atomic mass is 16.6. The van der Waals surface area contributed by atoms with Crippen molar-refractivity contribution in [1.82, 2.24) is 10.1 Å². The van der Waals surface area contributed by atoms with E-state index < -0.39 is 5.97 Å². The Morgan fingerprint density at radius 1 is 1.14 bits per heavy atom. The highest BCUT2D eigenvalue weighted by molar-refractivity contribution is 5.87. The maximum atomic E-state index is 11.9. The molecule has 0 N–H and O–H groups in total. The van der Waals surface area contributed by atoms with E-state index in [2.05, 4.69) is 10.1 Å². The number of carbonyl (C=O) groups excluding carboxylic acids is 1. The first-order chi connectivity index (χ1) is 13.7. The minimum Gasteiger partial charge on any atom is -0.497 e. The van der Waals surface area contributed by atoms with Gasteiger partial charge in [0, 0.05) is 11.6 Å². The molecule has 0 aliphatic rings. The van der Waals surface area contributed by atoms with Crippen LogP contribution in [0.25, 0.3) is 17.5 Å². The molecule has 1 aromatic heterocycles. The summed E-state index contributed by atoms with van der Waals surface area (Å²) in [4.78, 5) is 16.1. The molecule has 0 aliphatic heterocycles. The summed E-state index contributed by atoms with van der Waals surface area (Å²) in [6.45, 7) is 2.42. The van der Waals surface area contributed by atoms with Crippen LogP contribution in [-0.2, 0) is 16.1 Å². The molecule has 1 heterocycles. The molecule has 0 bridgehead atoms. The van der Waals surface area contributed by atoms with Crippen molar-refractivity contribution in [2.75, 3.05) is 13.7 Å². The zero-order valence-corrected chi connectivity index (χ0v) is 15.6. The van der Waals surface area contributed by atoms with Crippen molar-refractivity contribution < 1.29 is 23.5 Å². The standard InChI is InChI=1S/C21H20N2O5/c1-3-26-17-10-7-15(8-11-17)9-12-20(24)27-14-19-22-21(23-28-19)16-5-4-6-18(13-16)25-2/h4-13H,3,14H2,1-2H3/b12-9+. The predicted octanol–water partition coefficient (Wildman–Crippen LogP) is 3.90. The zero-order valence-electron chi connectivity index (χ0n) is 15.6. The summed E-state index contributed by atoms with van der Waals surface area (Å²) in [5, 5.41) is 3.89. The van der Waals surface area contributed by atoms with Gasteiger partial charge in [0.05, 0.1) is 13.7 Å². The van der Waals surface area contributed by atoms with Gasteiger partial charge in [0.1, 0.15) is 11.5 Å². The predicted molar refractivity (Wildman–Crippen MR) is 103 cm³/mol. The molecular formula is C21H20N2O5. The quantitative estimate of drug-likeness (QED) is 0.433. The monoisotopic (exact) mass is 380 g/mol. The molecule has 3 rings (SSSR count). The van der Waals surface area contributed by atoms with Gasteiger partial charge in [-0.2, -0.15) is 4.98 Å². The Morgan fingerprint density at radius 2 is 1.96 bits per heavy atom. The number of rotatable bonds is 8.